The van der Waals surface area contributed by atoms with Crippen LogP contribution in [0.2, 0.25) is 18.1 Å². The molecule has 0 N–H and O–H groups in total. The third kappa shape index (κ3) is 3.27. The summed E-state index contributed by atoms with van der Waals surface area (Å²) in [7, 11) is -1.67. The zero-order chi connectivity index (χ0) is 15.1. The lowest BCUT2D eigenvalue weighted by atomic mass is 9.87. The first kappa shape index (κ1) is 16.0. The Bertz CT molecular complexity index is 372. The minimum Gasteiger partial charge on any atom is -0.462 e. The molecule has 4 heteroatoms. The zero-order valence-electron chi connectivity index (χ0n) is 13.7. The van der Waals surface area contributed by atoms with Crippen molar-refractivity contribution in [3.63, 3.8) is 0 Å². The standard InChI is InChI=1S/C16H29O3Si/c1-11(17)19-15-9-12-7-13(14(15)8-12)10-18-20(5,6)16(2,3)4/h9,12-15H,7-8,10H2,1-6H3/t12-,13-,14-,15+/m1/s1. The Morgan fingerprint density at radius 2 is 1.95 bits per heavy atom. The highest BCUT2D eigenvalue weighted by molar-refractivity contribution is 6.74. The van der Waals surface area contributed by atoms with Gasteiger partial charge < -0.3 is 9.16 Å². The highest BCUT2D eigenvalue weighted by Crippen LogP contribution is 2.50. The molecule has 2 aliphatic carbocycles. The van der Waals surface area contributed by atoms with Crippen LogP contribution in [0.1, 0.15) is 40.5 Å². The van der Waals surface area contributed by atoms with Gasteiger partial charge in [0.2, 0.25) is 0 Å². The lowest BCUT2D eigenvalue weighted by Gasteiger charge is -2.38. The molecule has 0 heterocycles. The van der Waals surface area contributed by atoms with E-state index in [0.29, 0.717) is 17.8 Å². The van der Waals surface area contributed by atoms with Crippen molar-refractivity contribution in [1.29, 1.82) is 0 Å². The Labute approximate surface area is 124 Å². The Hall–Kier alpha value is -0.353. The molecule has 0 aromatic heterocycles. The normalized spacial score (nSPS) is 33.5. The summed E-state index contributed by atoms with van der Waals surface area (Å²) < 4.78 is 11.8. The lowest BCUT2D eigenvalue weighted by molar-refractivity contribution is -0.147. The Balaban J connectivity index is 1.90. The van der Waals surface area contributed by atoms with Crippen molar-refractivity contribution in [1.82, 2.24) is 0 Å². The molecule has 0 unspecified atom stereocenters. The summed E-state index contributed by atoms with van der Waals surface area (Å²) >= 11 is 0. The third-order valence-corrected chi connectivity index (χ3v) is 9.94. The molecule has 0 saturated heterocycles. The maximum absolute atomic E-state index is 11.2. The minimum atomic E-state index is -1.67. The zero-order valence-corrected chi connectivity index (χ0v) is 14.7. The van der Waals surface area contributed by atoms with Crippen molar-refractivity contribution in [3.05, 3.63) is 6.42 Å². The van der Waals surface area contributed by atoms with E-state index >= 15 is 0 Å². The number of hydrogen-bond donors (Lipinski definition) is 0. The van der Waals surface area contributed by atoms with Crippen LogP contribution in [-0.4, -0.2) is 27.0 Å². The summed E-state index contributed by atoms with van der Waals surface area (Å²) in [6.07, 6.45) is 4.63. The van der Waals surface area contributed by atoms with Crippen LogP contribution >= 0.6 is 0 Å². The van der Waals surface area contributed by atoms with E-state index in [1.54, 1.807) is 0 Å². The first-order chi connectivity index (χ1) is 9.10. The van der Waals surface area contributed by atoms with E-state index in [-0.39, 0.29) is 17.1 Å². The molecule has 4 atom stereocenters. The largest absolute Gasteiger partial charge is 0.462 e. The van der Waals surface area contributed by atoms with Gasteiger partial charge in [0.1, 0.15) is 6.10 Å². The van der Waals surface area contributed by atoms with E-state index in [1.807, 2.05) is 0 Å². The summed E-state index contributed by atoms with van der Waals surface area (Å²) in [6.45, 7) is 13.8. The first-order valence-electron chi connectivity index (χ1n) is 7.76. The molecular formula is C16H29O3Si. The van der Waals surface area contributed by atoms with Crippen LogP contribution in [0.25, 0.3) is 0 Å². The smallest absolute Gasteiger partial charge is 0.302 e. The van der Waals surface area contributed by atoms with Gasteiger partial charge in [-0.05, 0) is 42.8 Å². The van der Waals surface area contributed by atoms with Gasteiger partial charge in [-0.2, -0.15) is 0 Å². The van der Waals surface area contributed by atoms with Crippen LogP contribution in [0.4, 0.5) is 0 Å². The topological polar surface area (TPSA) is 35.5 Å². The number of carbonyl (C=O) groups is 1. The number of hydrogen-bond acceptors (Lipinski definition) is 3. The van der Waals surface area contributed by atoms with Gasteiger partial charge in [0.25, 0.3) is 0 Å². The van der Waals surface area contributed by atoms with E-state index in [4.69, 9.17) is 9.16 Å². The van der Waals surface area contributed by atoms with E-state index in [1.165, 1.54) is 19.8 Å². The van der Waals surface area contributed by atoms with Gasteiger partial charge >= 0.3 is 5.97 Å². The molecule has 0 aliphatic heterocycles. The summed E-state index contributed by atoms with van der Waals surface area (Å²) in [5.74, 6) is 1.50. The molecule has 115 valence electrons. The second-order valence-electron chi connectivity index (χ2n) is 7.99. The Morgan fingerprint density at radius 1 is 1.30 bits per heavy atom. The number of carbonyl (C=O) groups excluding carboxylic acids is 1. The average Bonchev–Trinajstić information content (AvgIpc) is 2.83. The molecular weight excluding hydrogens is 268 g/mol. The fourth-order valence-electron chi connectivity index (χ4n) is 3.21. The van der Waals surface area contributed by atoms with E-state index in [9.17, 15) is 4.79 Å². The molecule has 20 heavy (non-hydrogen) atoms. The fourth-order valence-corrected chi connectivity index (χ4v) is 4.28. The fraction of sp³-hybridized carbons (Fsp3) is 0.875. The maximum Gasteiger partial charge on any atom is 0.302 e. The monoisotopic (exact) mass is 297 g/mol. The van der Waals surface area contributed by atoms with Crippen LogP contribution in [0, 0.1) is 24.2 Å². The molecule has 2 aliphatic rings. The van der Waals surface area contributed by atoms with E-state index in [0.717, 1.165) is 6.61 Å². The second kappa shape index (κ2) is 5.45. The predicted molar refractivity (Wildman–Crippen MR) is 82.7 cm³/mol. The highest BCUT2D eigenvalue weighted by Gasteiger charge is 2.49. The molecule has 0 spiro atoms. The molecule has 1 radical (unpaired) electrons. The molecule has 2 saturated carbocycles. The van der Waals surface area contributed by atoms with Crippen LogP contribution in [-0.2, 0) is 14.0 Å². The van der Waals surface area contributed by atoms with Crippen LogP contribution in [0.5, 0.6) is 0 Å². The third-order valence-electron chi connectivity index (χ3n) is 5.44. The summed E-state index contributed by atoms with van der Waals surface area (Å²) in [6, 6.07) is 0. The van der Waals surface area contributed by atoms with Crippen molar-refractivity contribution in [3.8, 4) is 0 Å². The van der Waals surface area contributed by atoms with Gasteiger partial charge in [-0.1, -0.05) is 20.8 Å². The van der Waals surface area contributed by atoms with Crippen LogP contribution in [0.3, 0.4) is 0 Å². The number of esters is 1. The average molecular weight is 297 g/mol. The van der Waals surface area contributed by atoms with Crippen molar-refractivity contribution in [2.45, 2.75) is 64.8 Å². The molecule has 3 nitrogen and oxygen atoms in total. The van der Waals surface area contributed by atoms with Gasteiger partial charge in [-0.25, -0.2) is 0 Å². The van der Waals surface area contributed by atoms with Gasteiger partial charge in [0.05, 0.1) is 0 Å². The summed E-state index contributed by atoms with van der Waals surface area (Å²) in [5, 5.41) is 0.256. The molecule has 0 amide bonds. The minimum absolute atomic E-state index is 0.0271. The molecule has 0 aromatic carbocycles. The van der Waals surface area contributed by atoms with Crippen molar-refractivity contribution < 1.29 is 14.0 Å². The quantitative estimate of drug-likeness (QED) is 0.585. The van der Waals surface area contributed by atoms with E-state index in [2.05, 4.69) is 40.3 Å². The van der Waals surface area contributed by atoms with Gasteiger partial charge in [0, 0.05) is 25.9 Å². The SMILES string of the molecule is CC(=O)O[C@H]1[CH][C@@H]2C[C@H](CO[Si](C)(C)C(C)(C)C)[C@H]1C2. The summed E-state index contributed by atoms with van der Waals surface area (Å²) in [4.78, 5) is 11.2. The van der Waals surface area contributed by atoms with Crippen LogP contribution < -0.4 is 0 Å². The predicted octanol–water partition coefficient (Wildman–Crippen LogP) is 3.80. The molecule has 0 aromatic rings. The van der Waals surface area contributed by atoms with Gasteiger partial charge in [-0.3, -0.25) is 4.79 Å². The van der Waals surface area contributed by atoms with Crippen molar-refractivity contribution in [2.75, 3.05) is 6.61 Å². The summed E-state index contributed by atoms with van der Waals surface area (Å²) in [5.41, 5.74) is 0. The number of fused-ring (bicyclic) bond motifs is 2. The van der Waals surface area contributed by atoms with Crippen LogP contribution in [0.15, 0.2) is 0 Å². The number of rotatable bonds is 4. The molecule has 2 rings (SSSR count). The first-order valence-corrected chi connectivity index (χ1v) is 10.7. The van der Waals surface area contributed by atoms with Crippen molar-refractivity contribution in [2.24, 2.45) is 17.8 Å². The Kier molecular flexibility index (Phi) is 4.37. The van der Waals surface area contributed by atoms with Crippen molar-refractivity contribution >= 4 is 14.3 Å². The van der Waals surface area contributed by atoms with E-state index < -0.39 is 8.32 Å². The number of ether oxygens (including phenoxy) is 1. The lowest BCUT2D eigenvalue weighted by Crippen LogP contribution is -2.43. The van der Waals surface area contributed by atoms with Gasteiger partial charge in [-0.15, -0.1) is 0 Å². The Morgan fingerprint density at radius 3 is 2.45 bits per heavy atom. The second-order valence-corrected chi connectivity index (χ2v) is 12.8. The molecule has 2 bridgehead atoms. The maximum atomic E-state index is 11.2. The molecule has 2 fully saturated rings. The van der Waals surface area contributed by atoms with Gasteiger partial charge in [0.15, 0.2) is 8.32 Å². The highest BCUT2D eigenvalue weighted by atomic mass is 28.4.